The van der Waals surface area contributed by atoms with E-state index in [1.54, 1.807) is 0 Å². The third-order valence-corrected chi connectivity index (χ3v) is 4.63. The summed E-state index contributed by atoms with van der Waals surface area (Å²) >= 11 is 0. The van der Waals surface area contributed by atoms with Gasteiger partial charge in [0.2, 0.25) is 5.91 Å². The molecule has 0 heterocycles. The van der Waals surface area contributed by atoms with Crippen LogP contribution in [0.25, 0.3) is 0 Å². The first kappa shape index (κ1) is 11.8. The minimum atomic E-state index is 0.121. The second kappa shape index (κ2) is 4.42. The fourth-order valence-corrected chi connectivity index (χ4v) is 3.41. The van der Waals surface area contributed by atoms with Crippen LogP contribution in [0, 0.1) is 24.7 Å². The van der Waals surface area contributed by atoms with Crippen LogP contribution in [0.15, 0.2) is 24.3 Å². The Balaban J connectivity index is 1.62. The van der Waals surface area contributed by atoms with Crippen LogP contribution < -0.4 is 5.32 Å². The number of aryl methyl sites for hydroxylation is 1. The van der Waals surface area contributed by atoms with Gasteiger partial charge in [0.15, 0.2) is 0 Å². The second-order valence-corrected chi connectivity index (χ2v) is 6.01. The lowest BCUT2D eigenvalue weighted by Gasteiger charge is -2.19. The molecule has 1 N–H and O–H groups in total. The lowest BCUT2D eigenvalue weighted by Crippen LogP contribution is -2.32. The number of rotatable bonds is 3. The van der Waals surface area contributed by atoms with E-state index in [4.69, 9.17) is 0 Å². The molecule has 1 amide bonds. The Labute approximate surface area is 109 Å². The van der Waals surface area contributed by atoms with Gasteiger partial charge in [-0.2, -0.15) is 0 Å². The maximum Gasteiger partial charge on any atom is 0.223 e. The summed E-state index contributed by atoms with van der Waals surface area (Å²) in [5, 5.41) is 3.18. The molecule has 18 heavy (non-hydrogen) atoms. The van der Waals surface area contributed by atoms with Crippen LogP contribution in [0.3, 0.4) is 0 Å². The van der Waals surface area contributed by atoms with Crippen LogP contribution in [-0.2, 0) is 4.79 Å². The highest BCUT2D eigenvalue weighted by Gasteiger charge is 2.48. The van der Waals surface area contributed by atoms with Gasteiger partial charge in [-0.05, 0) is 56.1 Å². The van der Waals surface area contributed by atoms with Crippen molar-refractivity contribution in [3.05, 3.63) is 35.4 Å². The summed E-state index contributed by atoms with van der Waals surface area (Å²) in [7, 11) is 0. The molecule has 3 rings (SSSR count). The molecule has 0 spiro atoms. The average molecular weight is 243 g/mol. The maximum atomic E-state index is 12.2. The normalized spacial score (nSPS) is 30.7. The topological polar surface area (TPSA) is 29.1 Å². The number of benzene rings is 1. The maximum absolute atomic E-state index is 12.2. The number of hydrogen-bond donors (Lipinski definition) is 1. The lowest BCUT2D eigenvalue weighted by atomic mass is 9.99. The molecule has 2 nitrogen and oxygen atoms in total. The van der Waals surface area contributed by atoms with Gasteiger partial charge in [0, 0.05) is 5.92 Å². The summed E-state index contributed by atoms with van der Waals surface area (Å²) in [6, 6.07) is 8.40. The molecule has 0 radical (unpaired) electrons. The van der Waals surface area contributed by atoms with Crippen LogP contribution in [0.5, 0.6) is 0 Å². The van der Waals surface area contributed by atoms with Crippen LogP contribution >= 0.6 is 0 Å². The molecule has 0 aromatic heterocycles. The van der Waals surface area contributed by atoms with Gasteiger partial charge in [-0.15, -0.1) is 0 Å². The van der Waals surface area contributed by atoms with Crippen molar-refractivity contribution in [2.45, 2.75) is 39.2 Å². The van der Waals surface area contributed by atoms with Crippen LogP contribution in [0.4, 0.5) is 0 Å². The number of carbonyl (C=O) groups is 1. The Kier molecular flexibility index (Phi) is 2.89. The standard InChI is InChI=1S/C16H21NO/c1-10-5-3-4-6-15(10)11(2)17-16(18)14-8-12-7-13(12)9-14/h3-6,11-14H,7-9H2,1-2H3,(H,17,18)/t11-,12?,13?,14?/m1/s1. The average Bonchev–Trinajstić information content (AvgIpc) is 2.96. The van der Waals surface area contributed by atoms with Gasteiger partial charge < -0.3 is 5.32 Å². The molecule has 1 aromatic carbocycles. The van der Waals surface area contributed by atoms with E-state index in [1.165, 1.54) is 17.5 Å². The van der Waals surface area contributed by atoms with Crippen molar-refractivity contribution in [2.24, 2.45) is 17.8 Å². The summed E-state index contributed by atoms with van der Waals surface area (Å²) in [6.45, 7) is 4.18. The molecule has 96 valence electrons. The fraction of sp³-hybridized carbons (Fsp3) is 0.562. The van der Waals surface area contributed by atoms with Crippen LogP contribution in [0.1, 0.15) is 43.4 Å². The predicted molar refractivity (Wildman–Crippen MR) is 72.1 cm³/mol. The molecule has 1 aromatic rings. The molecule has 2 saturated carbocycles. The Morgan fingerprint density at radius 3 is 2.56 bits per heavy atom. The van der Waals surface area contributed by atoms with E-state index in [1.807, 2.05) is 12.1 Å². The van der Waals surface area contributed by atoms with Gasteiger partial charge in [-0.3, -0.25) is 4.79 Å². The van der Waals surface area contributed by atoms with Crippen LogP contribution in [-0.4, -0.2) is 5.91 Å². The van der Waals surface area contributed by atoms with E-state index < -0.39 is 0 Å². The van der Waals surface area contributed by atoms with Gasteiger partial charge >= 0.3 is 0 Å². The summed E-state index contributed by atoms with van der Waals surface area (Å²) in [4.78, 5) is 12.2. The van der Waals surface area contributed by atoms with E-state index in [-0.39, 0.29) is 17.9 Å². The molecule has 2 aliphatic rings. The highest BCUT2D eigenvalue weighted by atomic mass is 16.1. The highest BCUT2D eigenvalue weighted by Crippen LogP contribution is 2.54. The van der Waals surface area contributed by atoms with Crippen molar-refractivity contribution < 1.29 is 4.79 Å². The zero-order chi connectivity index (χ0) is 12.7. The van der Waals surface area contributed by atoms with E-state index in [0.717, 1.165) is 24.7 Å². The monoisotopic (exact) mass is 243 g/mol. The summed E-state index contributed by atoms with van der Waals surface area (Å²) in [5.41, 5.74) is 2.48. The molecule has 2 heteroatoms. The smallest absolute Gasteiger partial charge is 0.223 e. The van der Waals surface area contributed by atoms with Crippen molar-refractivity contribution >= 4 is 5.91 Å². The van der Waals surface area contributed by atoms with Gasteiger partial charge in [0.25, 0.3) is 0 Å². The van der Waals surface area contributed by atoms with E-state index >= 15 is 0 Å². The van der Waals surface area contributed by atoms with Gasteiger partial charge in [-0.1, -0.05) is 24.3 Å². The molecule has 2 unspecified atom stereocenters. The Morgan fingerprint density at radius 2 is 1.89 bits per heavy atom. The quantitative estimate of drug-likeness (QED) is 0.867. The van der Waals surface area contributed by atoms with Crippen molar-refractivity contribution in [3.8, 4) is 0 Å². The zero-order valence-corrected chi connectivity index (χ0v) is 11.1. The van der Waals surface area contributed by atoms with Crippen molar-refractivity contribution in [2.75, 3.05) is 0 Å². The number of fused-ring (bicyclic) bond motifs is 1. The molecule has 0 bridgehead atoms. The minimum Gasteiger partial charge on any atom is -0.349 e. The molecule has 0 aliphatic heterocycles. The Hall–Kier alpha value is -1.31. The largest absolute Gasteiger partial charge is 0.349 e. The molecule has 2 aliphatic carbocycles. The predicted octanol–water partition coefficient (Wildman–Crippen LogP) is 3.22. The van der Waals surface area contributed by atoms with Gasteiger partial charge in [0.1, 0.15) is 0 Å². The molecular formula is C16H21NO. The molecular weight excluding hydrogens is 222 g/mol. The SMILES string of the molecule is Cc1ccccc1[C@@H](C)NC(=O)C1CC2CC2C1. The van der Waals surface area contributed by atoms with Crippen molar-refractivity contribution in [3.63, 3.8) is 0 Å². The first-order valence-corrected chi connectivity index (χ1v) is 7.01. The van der Waals surface area contributed by atoms with E-state index in [2.05, 4.69) is 31.3 Å². The van der Waals surface area contributed by atoms with Gasteiger partial charge in [0.05, 0.1) is 6.04 Å². The Bertz CT molecular complexity index is 458. The summed E-state index contributed by atoms with van der Waals surface area (Å²) in [6.07, 6.45) is 3.62. The minimum absolute atomic E-state index is 0.121. The Morgan fingerprint density at radius 1 is 1.22 bits per heavy atom. The third kappa shape index (κ3) is 2.16. The second-order valence-electron chi connectivity index (χ2n) is 6.01. The van der Waals surface area contributed by atoms with Crippen molar-refractivity contribution in [1.29, 1.82) is 0 Å². The number of hydrogen-bond acceptors (Lipinski definition) is 1. The molecule has 0 saturated heterocycles. The summed E-state index contributed by atoms with van der Waals surface area (Å²) in [5.74, 6) is 2.28. The van der Waals surface area contributed by atoms with Gasteiger partial charge in [-0.25, -0.2) is 0 Å². The van der Waals surface area contributed by atoms with E-state index in [0.29, 0.717) is 0 Å². The zero-order valence-electron chi connectivity index (χ0n) is 11.1. The highest BCUT2D eigenvalue weighted by molar-refractivity contribution is 5.79. The first-order valence-electron chi connectivity index (χ1n) is 7.01. The molecule has 3 atom stereocenters. The first-order chi connectivity index (χ1) is 8.65. The van der Waals surface area contributed by atoms with Crippen LogP contribution in [0.2, 0.25) is 0 Å². The molecule has 2 fully saturated rings. The number of nitrogens with one attached hydrogen (secondary N) is 1. The number of amides is 1. The number of carbonyl (C=O) groups excluding carboxylic acids is 1. The van der Waals surface area contributed by atoms with E-state index in [9.17, 15) is 4.79 Å². The summed E-state index contributed by atoms with van der Waals surface area (Å²) < 4.78 is 0. The third-order valence-electron chi connectivity index (χ3n) is 4.63. The fourth-order valence-electron chi connectivity index (χ4n) is 3.41. The van der Waals surface area contributed by atoms with Crippen molar-refractivity contribution in [1.82, 2.24) is 5.32 Å². The lowest BCUT2D eigenvalue weighted by molar-refractivity contribution is -0.125.